The molecule has 2 fully saturated rings. The maximum atomic E-state index is 12.9. The van der Waals surface area contributed by atoms with Gasteiger partial charge in [-0.3, -0.25) is 9.80 Å². The second kappa shape index (κ2) is 8.96. The molecule has 2 aliphatic heterocycles. The van der Waals surface area contributed by atoms with Crippen molar-refractivity contribution < 1.29 is 16.8 Å². The maximum Gasteiger partial charge on any atom is 0.236 e. The van der Waals surface area contributed by atoms with Gasteiger partial charge in [-0.25, -0.2) is 24.8 Å². The van der Waals surface area contributed by atoms with Crippen LogP contribution in [0.25, 0.3) is 21.8 Å². The van der Waals surface area contributed by atoms with E-state index in [0.717, 1.165) is 74.0 Å². The van der Waals surface area contributed by atoms with Crippen molar-refractivity contribution in [1.82, 2.24) is 17.7 Å². The molecule has 0 bridgehead atoms. The monoisotopic (exact) mass is 506 g/mol. The Kier molecular flexibility index (Phi) is 6.29. The smallest absolute Gasteiger partial charge is 0.236 e. The number of hydrogen-bond donors (Lipinski definition) is 0. The van der Waals surface area contributed by atoms with Gasteiger partial charge in [-0.15, -0.1) is 0 Å². The Morgan fingerprint density at radius 2 is 0.971 bits per heavy atom. The summed E-state index contributed by atoms with van der Waals surface area (Å²) in [7, 11) is -7.15. The van der Waals surface area contributed by atoms with E-state index in [4.69, 9.17) is 0 Å². The molecule has 0 N–H and O–H groups in total. The van der Waals surface area contributed by atoms with Crippen LogP contribution in [0.5, 0.6) is 0 Å². The van der Waals surface area contributed by atoms with E-state index in [1.54, 1.807) is 6.07 Å². The average molecular weight is 507 g/mol. The number of aromatic nitrogens is 2. The van der Waals surface area contributed by atoms with Gasteiger partial charge in [0.15, 0.2) is 0 Å². The quantitative estimate of drug-likeness (QED) is 0.511. The SMILES string of the molecule is CS(=O)(=O)n1c(CN2CCCCC2)cc2cc3cc(CN4CCCCC4)n(S(C)(=O)=O)c3cc21. The average Bonchev–Trinajstić information content (AvgIpc) is 3.29. The molecule has 0 unspecified atom stereocenters. The molecule has 186 valence electrons. The zero-order valence-electron chi connectivity index (χ0n) is 20.0. The minimum atomic E-state index is -3.58. The molecule has 10 heteroatoms. The molecule has 4 heterocycles. The van der Waals surface area contributed by atoms with Crippen molar-refractivity contribution in [3.8, 4) is 0 Å². The van der Waals surface area contributed by atoms with Crippen molar-refractivity contribution in [1.29, 1.82) is 0 Å². The number of likely N-dealkylation sites (tertiary alicyclic amines) is 2. The Bertz CT molecular complexity index is 1320. The topological polar surface area (TPSA) is 84.6 Å². The van der Waals surface area contributed by atoms with E-state index in [1.165, 1.54) is 33.3 Å². The van der Waals surface area contributed by atoms with Gasteiger partial charge in [-0.1, -0.05) is 12.8 Å². The Hall–Kier alpha value is -1.88. The van der Waals surface area contributed by atoms with E-state index in [0.29, 0.717) is 24.1 Å². The number of benzene rings is 1. The molecule has 0 spiro atoms. The molecule has 0 saturated carbocycles. The van der Waals surface area contributed by atoms with Crippen molar-refractivity contribution in [3.63, 3.8) is 0 Å². The number of fused-ring (bicyclic) bond motifs is 2. The lowest BCUT2D eigenvalue weighted by Gasteiger charge is -2.26. The molecular weight excluding hydrogens is 472 g/mol. The Labute approximate surface area is 202 Å². The van der Waals surface area contributed by atoms with Crippen LogP contribution in [-0.2, 0) is 33.1 Å². The third-order valence-corrected chi connectivity index (χ3v) is 9.30. The second-order valence-electron chi connectivity index (χ2n) is 9.97. The summed E-state index contributed by atoms with van der Waals surface area (Å²) in [6.45, 7) is 4.99. The van der Waals surface area contributed by atoms with Crippen LogP contribution < -0.4 is 0 Å². The highest BCUT2D eigenvalue weighted by molar-refractivity contribution is 7.89. The molecule has 2 aromatic heterocycles. The first-order valence-electron chi connectivity index (χ1n) is 12.2. The molecule has 0 radical (unpaired) electrons. The molecule has 8 nitrogen and oxygen atoms in total. The summed E-state index contributed by atoms with van der Waals surface area (Å²) in [6, 6.07) is 7.58. The highest BCUT2D eigenvalue weighted by Crippen LogP contribution is 2.32. The molecule has 34 heavy (non-hydrogen) atoms. The molecule has 0 atom stereocenters. The van der Waals surface area contributed by atoms with E-state index >= 15 is 0 Å². The van der Waals surface area contributed by atoms with Gasteiger partial charge in [0.05, 0.1) is 23.5 Å². The normalized spacial score (nSPS) is 19.4. The van der Waals surface area contributed by atoms with Gasteiger partial charge in [0.1, 0.15) is 0 Å². The number of hydrogen-bond acceptors (Lipinski definition) is 6. The number of rotatable bonds is 6. The van der Waals surface area contributed by atoms with Crippen LogP contribution in [0.4, 0.5) is 0 Å². The highest BCUT2D eigenvalue weighted by Gasteiger charge is 2.24. The number of nitrogens with zero attached hydrogens (tertiary/aromatic N) is 4. The molecule has 3 aromatic rings. The summed E-state index contributed by atoms with van der Waals surface area (Å²) in [6.07, 6.45) is 9.37. The number of piperidine rings is 2. The van der Waals surface area contributed by atoms with Crippen LogP contribution in [0.15, 0.2) is 24.3 Å². The van der Waals surface area contributed by atoms with Gasteiger partial charge < -0.3 is 0 Å². The molecule has 0 amide bonds. The van der Waals surface area contributed by atoms with Crippen molar-refractivity contribution in [2.45, 2.75) is 51.6 Å². The summed E-state index contributed by atoms with van der Waals surface area (Å²) in [5, 5.41) is 1.64. The summed E-state index contributed by atoms with van der Waals surface area (Å²) >= 11 is 0. The predicted octanol–water partition coefficient (Wildman–Crippen LogP) is 3.18. The van der Waals surface area contributed by atoms with Crippen LogP contribution in [0.2, 0.25) is 0 Å². The molecule has 1 aromatic carbocycles. The minimum Gasteiger partial charge on any atom is -0.298 e. The third-order valence-electron chi connectivity index (χ3n) is 7.11. The van der Waals surface area contributed by atoms with Crippen molar-refractivity contribution in [2.75, 3.05) is 38.7 Å². The summed E-state index contributed by atoms with van der Waals surface area (Å²) in [5.74, 6) is 0. The van der Waals surface area contributed by atoms with E-state index in [9.17, 15) is 16.8 Å². The standard InChI is InChI=1S/C24H34N4O4S2/c1-33(29,30)27-21(17-25-9-5-3-6-10-25)14-19-13-20-15-22(18-26-11-7-4-8-12-26)28(34(2,31)32)24(20)16-23(19)27/h13-16H,3-12,17-18H2,1-2H3. The second-order valence-corrected chi connectivity index (χ2v) is 13.6. The van der Waals surface area contributed by atoms with Crippen molar-refractivity contribution >= 4 is 41.9 Å². The van der Waals surface area contributed by atoms with E-state index in [2.05, 4.69) is 9.80 Å². The fraction of sp³-hybridized carbons (Fsp3) is 0.583. The third kappa shape index (κ3) is 4.65. The summed E-state index contributed by atoms with van der Waals surface area (Å²) in [5.41, 5.74) is 2.53. The minimum absolute atomic E-state index is 0.537. The van der Waals surface area contributed by atoms with E-state index in [-0.39, 0.29) is 0 Å². The van der Waals surface area contributed by atoms with Crippen LogP contribution in [-0.4, -0.2) is 73.3 Å². The van der Waals surface area contributed by atoms with Gasteiger partial charge >= 0.3 is 0 Å². The fourth-order valence-electron chi connectivity index (χ4n) is 5.68. The van der Waals surface area contributed by atoms with Crippen molar-refractivity contribution in [3.05, 3.63) is 35.7 Å². The van der Waals surface area contributed by atoms with Gasteiger partial charge in [-0.05, 0) is 76.1 Å². The van der Waals surface area contributed by atoms with Gasteiger partial charge in [0.2, 0.25) is 20.0 Å². The zero-order valence-corrected chi connectivity index (χ0v) is 21.7. The molecule has 2 aliphatic rings. The lowest BCUT2D eigenvalue weighted by molar-refractivity contribution is 0.218. The zero-order chi connectivity index (χ0) is 24.1. The van der Waals surface area contributed by atoms with Crippen LogP contribution in [0.1, 0.15) is 49.9 Å². The van der Waals surface area contributed by atoms with Gasteiger partial charge in [0.25, 0.3) is 0 Å². The molecule has 5 rings (SSSR count). The maximum absolute atomic E-state index is 12.9. The first kappa shape index (κ1) is 23.8. The summed E-state index contributed by atoms with van der Waals surface area (Å²) in [4.78, 5) is 4.60. The Morgan fingerprint density at radius 1 is 0.588 bits per heavy atom. The van der Waals surface area contributed by atoms with Crippen LogP contribution in [0.3, 0.4) is 0 Å². The first-order valence-corrected chi connectivity index (χ1v) is 15.9. The lowest BCUT2D eigenvalue weighted by Crippen LogP contribution is -2.30. The molecule has 0 aliphatic carbocycles. The van der Waals surface area contributed by atoms with E-state index < -0.39 is 20.0 Å². The van der Waals surface area contributed by atoms with Crippen LogP contribution in [0, 0.1) is 0 Å². The molecule has 2 saturated heterocycles. The van der Waals surface area contributed by atoms with E-state index in [1.807, 2.05) is 18.2 Å². The predicted molar refractivity (Wildman–Crippen MR) is 136 cm³/mol. The largest absolute Gasteiger partial charge is 0.298 e. The Morgan fingerprint density at radius 3 is 1.32 bits per heavy atom. The van der Waals surface area contributed by atoms with Gasteiger partial charge in [0, 0.05) is 35.2 Å². The fourth-order valence-corrected chi connectivity index (χ4v) is 7.78. The highest BCUT2D eigenvalue weighted by atomic mass is 32.2. The first-order chi connectivity index (χ1) is 16.1. The summed E-state index contributed by atoms with van der Waals surface area (Å²) < 4.78 is 54.3. The van der Waals surface area contributed by atoms with Crippen molar-refractivity contribution in [2.24, 2.45) is 0 Å². The Balaban J connectivity index is 1.65. The lowest BCUT2D eigenvalue weighted by atomic mass is 10.1. The van der Waals surface area contributed by atoms with Gasteiger partial charge in [-0.2, -0.15) is 0 Å². The molecular formula is C24H34N4O4S2. The van der Waals surface area contributed by atoms with Crippen LogP contribution >= 0.6 is 0 Å².